The lowest BCUT2D eigenvalue weighted by atomic mass is 9.98. The van der Waals surface area contributed by atoms with E-state index in [2.05, 4.69) is 20.4 Å². The Bertz CT molecular complexity index is 1300. The number of piperidine rings is 1. The smallest absolute Gasteiger partial charge is 0.371 e. The second-order valence-corrected chi connectivity index (χ2v) is 9.12. The van der Waals surface area contributed by atoms with Crippen molar-refractivity contribution in [1.29, 1.82) is 0 Å². The maximum Gasteiger partial charge on any atom is 0.416 e. The van der Waals surface area contributed by atoms with Crippen molar-refractivity contribution in [3.63, 3.8) is 0 Å². The summed E-state index contributed by atoms with van der Waals surface area (Å²) < 4.78 is 46.2. The second kappa shape index (κ2) is 9.17. The standard InChI is InChI=1S/C23H20ClF3N6O3/c1-12(31-21(34)14-4-15(23(25,26)27)6-16(24)5-14)20-29-11-30-33(20)19-3-2-13(8-28-19)22(35)32-9-17-7-18(10-32)36-17/h2-6,8,11-12,17-18H,7,9-10H2,1H3,(H,31,34)/t12-,17?,18?/m0/s1. The molecule has 2 unspecified atom stereocenters. The Balaban J connectivity index is 1.30. The molecular formula is C23H20ClF3N6O3. The minimum atomic E-state index is -4.65. The Kier molecular flexibility index (Phi) is 6.17. The maximum absolute atomic E-state index is 13.1. The van der Waals surface area contributed by atoms with E-state index in [1.54, 1.807) is 24.0 Å². The zero-order valence-electron chi connectivity index (χ0n) is 18.9. The summed E-state index contributed by atoms with van der Waals surface area (Å²) in [6, 6.07) is 5.13. The van der Waals surface area contributed by atoms with Gasteiger partial charge < -0.3 is 15.0 Å². The summed E-state index contributed by atoms with van der Waals surface area (Å²) >= 11 is 5.79. The summed E-state index contributed by atoms with van der Waals surface area (Å²) in [5, 5.41) is 6.54. The number of rotatable bonds is 5. The molecule has 6 rings (SSSR count). The Morgan fingerprint density at radius 1 is 1.14 bits per heavy atom. The van der Waals surface area contributed by atoms with Crippen LogP contribution < -0.4 is 5.32 Å². The first-order valence-corrected chi connectivity index (χ1v) is 11.5. The van der Waals surface area contributed by atoms with E-state index in [1.165, 1.54) is 17.2 Å². The Morgan fingerprint density at radius 2 is 1.86 bits per heavy atom. The molecule has 3 aliphatic rings. The summed E-state index contributed by atoms with van der Waals surface area (Å²) in [7, 11) is 0. The topological polar surface area (TPSA) is 102 Å². The molecule has 5 heterocycles. The number of pyridine rings is 1. The van der Waals surface area contributed by atoms with E-state index in [1.807, 2.05) is 0 Å². The number of carbonyl (C=O) groups is 2. The zero-order valence-corrected chi connectivity index (χ0v) is 19.6. The summed E-state index contributed by atoms with van der Waals surface area (Å²) in [4.78, 5) is 35.7. The van der Waals surface area contributed by atoms with Crippen molar-refractivity contribution < 1.29 is 27.5 Å². The number of fused-ring (bicyclic) bond motifs is 2. The van der Waals surface area contributed by atoms with Crippen LogP contribution in [0.3, 0.4) is 0 Å². The Hall–Kier alpha value is -3.51. The normalized spacial score (nSPS) is 20.0. The molecule has 3 saturated heterocycles. The molecule has 2 aromatic heterocycles. The summed E-state index contributed by atoms with van der Waals surface area (Å²) in [6.07, 6.45) is -0.765. The van der Waals surface area contributed by atoms with E-state index in [-0.39, 0.29) is 28.7 Å². The molecular weight excluding hydrogens is 501 g/mol. The number of aromatic nitrogens is 4. The van der Waals surface area contributed by atoms with Gasteiger partial charge in [-0.25, -0.2) is 9.97 Å². The molecule has 3 aliphatic heterocycles. The number of ether oxygens (including phenoxy) is 1. The lowest BCUT2D eigenvalue weighted by Gasteiger charge is -2.46. The van der Waals surface area contributed by atoms with Gasteiger partial charge in [-0.15, -0.1) is 0 Å². The fourth-order valence-electron chi connectivity index (χ4n) is 4.29. The Labute approximate surface area is 208 Å². The number of amides is 2. The number of nitrogens with zero attached hydrogens (tertiary/aromatic N) is 5. The number of alkyl halides is 3. The van der Waals surface area contributed by atoms with E-state index in [0.717, 1.165) is 24.6 Å². The highest BCUT2D eigenvalue weighted by atomic mass is 35.5. The van der Waals surface area contributed by atoms with Crippen LogP contribution >= 0.6 is 11.6 Å². The zero-order chi connectivity index (χ0) is 25.6. The Morgan fingerprint density at radius 3 is 2.50 bits per heavy atom. The van der Waals surface area contributed by atoms with Crippen molar-refractivity contribution in [3.8, 4) is 5.82 Å². The largest absolute Gasteiger partial charge is 0.416 e. The number of hydrogen-bond donors (Lipinski definition) is 1. The minimum absolute atomic E-state index is 0.0984. The van der Waals surface area contributed by atoms with Crippen LogP contribution in [-0.4, -0.2) is 61.8 Å². The second-order valence-electron chi connectivity index (χ2n) is 8.68. The molecule has 2 bridgehead atoms. The number of halogens is 4. The number of hydrogen-bond acceptors (Lipinski definition) is 6. The maximum atomic E-state index is 13.1. The highest BCUT2D eigenvalue weighted by molar-refractivity contribution is 6.31. The van der Waals surface area contributed by atoms with Gasteiger partial charge in [0.1, 0.15) is 6.33 Å². The molecule has 3 atom stereocenters. The van der Waals surface area contributed by atoms with Crippen molar-refractivity contribution in [2.45, 2.75) is 37.8 Å². The average Bonchev–Trinajstić information content (AvgIpc) is 3.32. The van der Waals surface area contributed by atoms with Gasteiger partial charge in [0.2, 0.25) is 0 Å². The number of carbonyl (C=O) groups excluding carboxylic acids is 2. The monoisotopic (exact) mass is 520 g/mol. The molecule has 0 spiro atoms. The van der Waals surface area contributed by atoms with Gasteiger partial charge in [-0.2, -0.15) is 23.0 Å². The van der Waals surface area contributed by atoms with Crippen LogP contribution in [0.5, 0.6) is 0 Å². The molecule has 0 aliphatic carbocycles. The first-order valence-electron chi connectivity index (χ1n) is 11.1. The molecule has 9 nitrogen and oxygen atoms in total. The van der Waals surface area contributed by atoms with Gasteiger partial charge in [-0.3, -0.25) is 9.59 Å². The van der Waals surface area contributed by atoms with Crippen LogP contribution in [0.2, 0.25) is 5.02 Å². The van der Waals surface area contributed by atoms with E-state index in [4.69, 9.17) is 16.3 Å². The lowest BCUT2D eigenvalue weighted by Crippen LogP contribution is -2.58. The van der Waals surface area contributed by atoms with Gasteiger partial charge in [0, 0.05) is 36.3 Å². The van der Waals surface area contributed by atoms with Gasteiger partial charge in [-0.1, -0.05) is 11.6 Å². The molecule has 3 aromatic rings. The van der Waals surface area contributed by atoms with Crippen LogP contribution in [0, 0.1) is 0 Å². The third-order valence-electron chi connectivity index (χ3n) is 6.05. The summed E-state index contributed by atoms with van der Waals surface area (Å²) in [6.45, 7) is 2.71. The minimum Gasteiger partial charge on any atom is -0.371 e. The highest BCUT2D eigenvalue weighted by Crippen LogP contribution is 2.32. The molecule has 13 heteroatoms. The number of nitrogens with one attached hydrogen (secondary N) is 1. The summed E-state index contributed by atoms with van der Waals surface area (Å²) in [5.74, 6) is -0.248. The third kappa shape index (κ3) is 4.78. The fourth-order valence-corrected chi connectivity index (χ4v) is 4.53. The van der Waals surface area contributed by atoms with Gasteiger partial charge in [-0.05, 0) is 37.3 Å². The van der Waals surface area contributed by atoms with Crippen molar-refractivity contribution in [2.24, 2.45) is 0 Å². The van der Waals surface area contributed by atoms with Gasteiger partial charge in [0.25, 0.3) is 11.8 Å². The first-order chi connectivity index (χ1) is 17.1. The van der Waals surface area contributed by atoms with Crippen LogP contribution in [0.25, 0.3) is 5.82 Å². The van der Waals surface area contributed by atoms with E-state index in [0.29, 0.717) is 30.3 Å². The molecule has 36 heavy (non-hydrogen) atoms. The van der Waals surface area contributed by atoms with Crippen molar-refractivity contribution in [2.75, 3.05) is 13.1 Å². The molecule has 0 saturated carbocycles. The number of morpholine rings is 1. The van der Waals surface area contributed by atoms with E-state index >= 15 is 0 Å². The molecule has 0 radical (unpaired) electrons. The van der Waals surface area contributed by atoms with Crippen LogP contribution in [0.15, 0.2) is 42.9 Å². The van der Waals surface area contributed by atoms with Crippen molar-refractivity contribution >= 4 is 23.4 Å². The predicted octanol–water partition coefficient (Wildman–Crippen LogP) is 3.44. The molecule has 1 aromatic carbocycles. The molecule has 188 valence electrons. The van der Waals surface area contributed by atoms with Crippen LogP contribution in [0.4, 0.5) is 13.2 Å². The van der Waals surface area contributed by atoms with Crippen LogP contribution in [-0.2, 0) is 10.9 Å². The fraction of sp³-hybridized carbons (Fsp3) is 0.348. The SMILES string of the molecule is C[C@H](NC(=O)c1cc(Cl)cc(C(F)(F)F)c1)c1ncnn1-c1ccc(C(=O)N2CC3CC(C2)O3)cn1. The van der Waals surface area contributed by atoms with E-state index < -0.39 is 23.7 Å². The molecule has 2 amide bonds. The van der Waals surface area contributed by atoms with Gasteiger partial charge in [0.05, 0.1) is 29.4 Å². The van der Waals surface area contributed by atoms with E-state index in [9.17, 15) is 22.8 Å². The number of benzene rings is 1. The highest BCUT2D eigenvalue weighted by Gasteiger charge is 2.40. The third-order valence-corrected chi connectivity index (χ3v) is 6.27. The van der Waals surface area contributed by atoms with Crippen molar-refractivity contribution in [1.82, 2.24) is 30.0 Å². The molecule has 3 fully saturated rings. The summed E-state index contributed by atoms with van der Waals surface area (Å²) in [5.41, 5.74) is -0.845. The first kappa shape index (κ1) is 24.2. The molecule has 1 N–H and O–H groups in total. The van der Waals surface area contributed by atoms with Crippen LogP contribution in [0.1, 0.15) is 51.5 Å². The quantitative estimate of drug-likeness (QED) is 0.553. The predicted molar refractivity (Wildman–Crippen MR) is 121 cm³/mol. The average molecular weight is 521 g/mol. The lowest BCUT2D eigenvalue weighted by molar-refractivity contribution is -0.171. The van der Waals surface area contributed by atoms with Crippen molar-refractivity contribution in [3.05, 3.63) is 70.4 Å². The van der Waals surface area contributed by atoms with Gasteiger partial charge in [0.15, 0.2) is 11.6 Å². The van der Waals surface area contributed by atoms with Gasteiger partial charge >= 0.3 is 6.18 Å².